The number of hydrogen-bond donors (Lipinski definition) is 1. The zero-order valence-electron chi connectivity index (χ0n) is 16.2. The van der Waals surface area contributed by atoms with Gasteiger partial charge in [0.05, 0.1) is 12.3 Å². The standard InChI is InChI=1S/C16H26N4O.C2HF3O2/c1-3-19(2)16-14-4-7-20(10-13-6-9-21-11-13)8-5-15(14)17-12-18-16;3-2(4,5)1(6)7/h12-13H,3-11H2,1-2H3;(H,6,7). The number of carboxylic acids is 1. The SMILES string of the molecule is CCN(C)c1ncnc2c1CCN(CC1CCOC1)CC2.O=C(O)C(F)(F)F. The van der Waals surface area contributed by atoms with Crippen LogP contribution >= 0.6 is 0 Å². The Morgan fingerprint density at radius 1 is 1.36 bits per heavy atom. The van der Waals surface area contributed by atoms with Crippen LogP contribution in [0.2, 0.25) is 0 Å². The Labute approximate surface area is 162 Å². The van der Waals surface area contributed by atoms with E-state index in [1.807, 2.05) is 0 Å². The molecule has 0 radical (unpaired) electrons. The maximum absolute atomic E-state index is 10.6. The molecule has 1 N–H and O–H groups in total. The molecule has 0 aliphatic carbocycles. The first kappa shape index (κ1) is 22.4. The van der Waals surface area contributed by atoms with Crippen LogP contribution < -0.4 is 4.90 Å². The van der Waals surface area contributed by atoms with Gasteiger partial charge in [0, 0.05) is 51.8 Å². The maximum Gasteiger partial charge on any atom is 0.490 e. The van der Waals surface area contributed by atoms with Crippen molar-refractivity contribution in [3.05, 3.63) is 17.6 Å². The number of alkyl halides is 3. The molecule has 1 unspecified atom stereocenters. The van der Waals surface area contributed by atoms with Gasteiger partial charge in [-0.1, -0.05) is 0 Å². The molecule has 1 aromatic rings. The van der Waals surface area contributed by atoms with Crippen LogP contribution in [0.15, 0.2) is 6.33 Å². The van der Waals surface area contributed by atoms with Crippen LogP contribution in [0.3, 0.4) is 0 Å². The van der Waals surface area contributed by atoms with Crippen molar-refractivity contribution in [2.45, 2.75) is 32.4 Å². The van der Waals surface area contributed by atoms with Crippen LogP contribution in [-0.2, 0) is 22.4 Å². The number of hydrogen-bond acceptors (Lipinski definition) is 6. The van der Waals surface area contributed by atoms with E-state index in [2.05, 4.69) is 33.7 Å². The van der Waals surface area contributed by atoms with Gasteiger partial charge in [0.15, 0.2) is 0 Å². The van der Waals surface area contributed by atoms with E-state index in [0.717, 1.165) is 57.4 Å². The van der Waals surface area contributed by atoms with E-state index >= 15 is 0 Å². The van der Waals surface area contributed by atoms with Crippen molar-refractivity contribution in [2.24, 2.45) is 5.92 Å². The molecule has 0 spiro atoms. The van der Waals surface area contributed by atoms with Gasteiger partial charge in [-0.15, -0.1) is 0 Å². The first-order chi connectivity index (χ1) is 13.2. The smallest absolute Gasteiger partial charge is 0.475 e. The Balaban J connectivity index is 0.000000345. The Kier molecular flexibility index (Phi) is 7.99. The van der Waals surface area contributed by atoms with Crippen LogP contribution in [0.4, 0.5) is 19.0 Å². The van der Waals surface area contributed by atoms with Crippen molar-refractivity contribution in [2.75, 3.05) is 51.3 Å². The van der Waals surface area contributed by atoms with Crippen LogP contribution in [0.5, 0.6) is 0 Å². The Morgan fingerprint density at radius 2 is 2.04 bits per heavy atom. The molecular weight excluding hydrogens is 377 g/mol. The van der Waals surface area contributed by atoms with E-state index in [9.17, 15) is 13.2 Å². The van der Waals surface area contributed by atoms with Gasteiger partial charge in [0.1, 0.15) is 12.1 Å². The molecule has 1 aromatic heterocycles. The lowest BCUT2D eigenvalue weighted by atomic mass is 10.1. The van der Waals surface area contributed by atoms with Gasteiger partial charge < -0.3 is 19.6 Å². The van der Waals surface area contributed by atoms with E-state index in [0.29, 0.717) is 0 Å². The van der Waals surface area contributed by atoms with E-state index in [1.165, 1.54) is 24.2 Å². The summed E-state index contributed by atoms with van der Waals surface area (Å²) in [6.07, 6.45) is -0.0483. The molecule has 7 nitrogen and oxygen atoms in total. The summed E-state index contributed by atoms with van der Waals surface area (Å²) < 4.78 is 37.2. The number of anilines is 1. The summed E-state index contributed by atoms with van der Waals surface area (Å²) in [5.41, 5.74) is 2.59. The van der Waals surface area contributed by atoms with Crippen molar-refractivity contribution >= 4 is 11.8 Å². The molecule has 1 atom stereocenters. The Hall–Kier alpha value is -1.94. The minimum atomic E-state index is -5.08. The summed E-state index contributed by atoms with van der Waals surface area (Å²) in [6, 6.07) is 0. The molecule has 3 heterocycles. The van der Waals surface area contributed by atoms with Crippen LogP contribution in [0.1, 0.15) is 24.6 Å². The molecule has 2 aliphatic heterocycles. The largest absolute Gasteiger partial charge is 0.490 e. The van der Waals surface area contributed by atoms with Crippen molar-refractivity contribution in [3.63, 3.8) is 0 Å². The second-order valence-electron chi connectivity index (χ2n) is 6.97. The third kappa shape index (κ3) is 6.30. The lowest BCUT2D eigenvalue weighted by Crippen LogP contribution is -2.32. The summed E-state index contributed by atoms with van der Waals surface area (Å²) >= 11 is 0. The number of halogens is 3. The highest BCUT2D eigenvalue weighted by Crippen LogP contribution is 2.24. The van der Waals surface area contributed by atoms with Crippen LogP contribution in [0.25, 0.3) is 0 Å². The predicted molar refractivity (Wildman–Crippen MR) is 97.4 cm³/mol. The highest BCUT2D eigenvalue weighted by molar-refractivity contribution is 5.73. The third-order valence-electron chi connectivity index (χ3n) is 4.97. The minimum absolute atomic E-state index is 0.718. The number of carbonyl (C=O) groups is 1. The molecule has 1 fully saturated rings. The highest BCUT2D eigenvalue weighted by atomic mass is 19.4. The molecule has 3 rings (SSSR count). The Bertz CT molecular complexity index is 651. The average Bonchev–Trinajstić information content (AvgIpc) is 3.07. The second-order valence-corrected chi connectivity index (χ2v) is 6.97. The van der Waals surface area contributed by atoms with E-state index in [-0.39, 0.29) is 0 Å². The number of ether oxygens (including phenoxy) is 1. The van der Waals surface area contributed by atoms with Gasteiger partial charge in [-0.2, -0.15) is 13.2 Å². The van der Waals surface area contributed by atoms with E-state index < -0.39 is 12.1 Å². The summed E-state index contributed by atoms with van der Waals surface area (Å²) in [6.45, 7) is 8.41. The molecule has 28 heavy (non-hydrogen) atoms. The number of aromatic nitrogens is 2. The molecule has 0 amide bonds. The van der Waals surface area contributed by atoms with Crippen molar-refractivity contribution in [1.29, 1.82) is 0 Å². The van der Waals surface area contributed by atoms with Crippen LogP contribution in [-0.4, -0.2) is 78.6 Å². The Morgan fingerprint density at radius 3 is 2.61 bits per heavy atom. The molecule has 10 heteroatoms. The summed E-state index contributed by atoms with van der Waals surface area (Å²) in [7, 11) is 2.11. The average molecular weight is 404 g/mol. The number of fused-ring (bicyclic) bond motifs is 1. The quantitative estimate of drug-likeness (QED) is 0.822. The fraction of sp³-hybridized carbons (Fsp3) is 0.722. The van der Waals surface area contributed by atoms with E-state index in [1.54, 1.807) is 6.33 Å². The molecule has 0 bridgehead atoms. The molecule has 2 aliphatic rings. The zero-order chi connectivity index (χ0) is 20.7. The molecule has 158 valence electrons. The summed E-state index contributed by atoms with van der Waals surface area (Å²) in [5, 5.41) is 7.12. The molecule has 0 aromatic carbocycles. The van der Waals surface area contributed by atoms with Gasteiger partial charge in [-0.3, -0.25) is 0 Å². The molecule has 0 saturated carbocycles. The first-order valence-corrected chi connectivity index (χ1v) is 9.36. The summed E-state index contributed by atoms with van der Waals surface area (Å²) in [5.74, 6) is -0.920. The van der Waals surface area contributed by atoms with Gasteiger partial charge >= 0.3 is 12.1 Å². The van der Waals surface area contributed by atoms with Gasteiger partial charge in [-0.05, 0) is 25.7 Å². The monoisotopic (exact) mass is 404 g/mol. The van der Waals surface area contributed by atoms with Crippen molar-refractivity contribution < 1.29 is 27.8 Å². The van der Waals surface area contributed by atoms with E-state index in [4.69, 9.17) is 14.6 Å². The normalized spacial score (nSPS) is 20.0. The first-order valence-electron chi connectivity index (χ1n) is 9.36. The number of carboxylic acid groups (broad SMARTS) is 1. The van der Waals surface area contributed by atoms with Crippen molar-refractivity contribution in [3.8, 4) is 0 Å². The number of nitrogens with zero attached hydrogens (tertiary/aromatic N) is 4. The lowest BCUT2D eigenvalue weighted by molar-refractivity contribution is -0.192. The summed E-state index contributed by atoms with van der Waals surface area (Å²) in [4.78, 5) is 22.7. The highest BCUT2D eigenvalue weighted by Gasteiger charge is 2.38. The lowest BCUT2D eigenvalue weighted by Gasteiger charge is -2.23. The fourth-order valence-electron chi connectivity index (χ4n) is 3.31. The van der Waals surface area contributed by atoms with Gasteiger partial charge in [0.25, 0.3) is 0 Å². The molecule has 1 saturated heterocycles. The molecular formula is C18H27F3N4O3. The van der Waals surface area contributed by atoms with Crippen molar-refractivity contribution in [1.82, 2.24) is 14.9 Å². The van der Waals surface area contributed by atoms with Crippen LogP contribution in [0, 0.1) is 5.92 Å². The third-order valence-corrected chi connectivity index (χ3v) is 4.97. The predicted octanol–water partition coefficient (Wildman–Crippen LogP) is 2.00. The topological polar surface area (TPSA) is 78.8 Å². The zero-order valence-corrected chi connectivity index (χ0v) is 16.2. The van der Waals surface area contributed by atoms with Gasteiger partial charge in [-0.25, -0.2) is 14.8 Å². The fourth-order valence-corrected chi connectivity index (χ4v) is 3.31. The minimum Gasteiger partial charge on any atom is -0.475 e. The van der Waals surface area contributed by atoms with Gasteiger partial charge in [0.2, 0.25) is 0 Å². The number of rotatable bonds is 4. The maximum atomic E-state index is 10.6. The second kappa shape index (κ2) is 10.0. The number of aliphatic carboxylic acids is 1.